The average molecular weight is 441 g/mol. The molecule has 1 fully saturated rings. The van der Waals surface area contributed by atoms with Gasteiger partial charge in [-0.1, -0.05) is 17.7 Å². The zero-order valence-corrected chi connectivity index (χ0v) is 17.1. The van der Waals surface area contributed by atoms with E-state index in [1.807, 2.05) is 53.9 Å². The van der Waals surface area contributed by atoms with Crippen molar-refractivity contribution < 1.29 is 9.59 Å². The predicted molar refractivity (Wildman–Crippen MR) is 111 cm³/mol. The number of nitrogens with zero attached hydrogens (tertiary/aromatic N) is 3. The molecule has 3 heterocycles. The van der Waals surface area contributed by atoms with Gasteiger partial charge >= 0.3 is 0 Å². The maximum Gasteiger partial charge on any atom is 0.253 e. The summed E-state index contributed by atoms with van der Waals surface area (Å²) in [5.41, 5.74) is 2.53. The number of benzene rings is 1. The van der Waals surface area contributed by atoms with Crippen LogP contribution in [0.4, 0.5) is 5.82 Å². The number of imidazole rings is 1. The zero-order chi connectivity index (χ0) is 19.7. The molecule has 28 heavy (non-hydrogen) atoms. The molecule has 1 N–H and O–H groups in total. The van der Waals surface area contributed by atoms with Crippen molar-refractivity contribution in [2.24, 2.45) is 5.92 Å². The number of carbonyl (C=O) groups excluding carboxylic acids is 2. The van der Waals surface area contributed by atoms with E-state index in [2.05, 4.69) is 26.2 Å². The highest BCUT2D eigenvalue weighted by molar-refractivity contribution is 9.10. The standard InChI is InChI=1S/C21H21BrN4O2/c1-14-6-8-15(9-7-14)21(28)25-10-2-4-16(13-25)20(27)24-18-12-23-19-17(22)5-3-11-26(18)19/h3,5-9,11-12,16H,2,4,10,13H2,1H3,(H,24,27)/t16-/m1/s1. The average Bonchev–Trinajstić information content (AvgIpc) is 3.12. The number of hydrogen-bond donors (Lipinski definition) is 1. The summed E-state index contributed by atoms with van der Waals surface area (Å²) in [5, 5.41) is 2.97. The first-order chi connectivity index (χ1) is 13.5. The lowest BCUT2D eigenvalue weighted by atomic mass is 9.96. The maximum absolute atomic E-state index is 12.8. The molecule has 1 saturated heterocycles. The topological polar surface area (TPSA) is 66.7 Å². The van der Waals surface area contributed by atoms with E-state index < -0.39 is 0 Å². The first kappa shape index (κ1) is 18.7. The lowest BCUT2D eigenvalue weighted by molar-refractivity contribution is -0.121. The summed E-state index contributed by atoms with van der Waals surface area (Å²) in [6.45, 7) is 3.10. The fourth-order valence-electron chi connectivity index (χ4n) is 3.55. The van der Waals surface area contributed by atoms with Crippen LogP contribution in [0.1, 0.15) is 28.8 Å². The van der Waals surface area contributed by atoms with Gasteiger partial charge in [0.15, 0.2) is 5.65 Å². The van der Waals surface area contributed by atoms with Crippen LogP contribution in [-0.2, 0) is 4.79 Å². The van der Waals surface area contributed by atoms with Crippen LogP contribution in [0.2, 0.25) is 0 Å². The number of amides is 2. The molecule has 1 aliphatic rings. The van der Waals surface area contributed by atoms with E-state index in [0.29, 0.717) is 24.5 Å². The van der Waals surface area contributed by atoms with Gasteiger partial charge in [0.05, 0.1) is 16.6 Å². The Morgan fingerprint density at radius 1 is 1.21 bits per heavy atom. The number of nitrogens with one attached hydrogen (secondary N) is 1. The summed E-state index contributed by atoms with van der Waals surface area (Å²) in [5.74, 6) is 0.295. The summed E-state index contributed by atoms with van der Waals surface area (Å²) < 4.78 is 2.70. The number of likely N-dealkylation sites (tertiary alicyclic amines) is 1. The van der Waals surface area contributed by atoms with Crippen molar-refractivity contribution in [3.05, 3.63) is 64.4 Å². The largest absolute Gasteiger partial charge is 0.338 e. The Kier molecular flexibility index (Phi) is 5.17. The molecule has 0 aliphatic carbocycles. The molecule has 1 aromatic carbocycles. The second-order valence-corrected chi connectivity index (χ2v) is 7.99. The molecule has 1 aliphatic heterocycles. The number of pyridine rings is 1. The minimum absolute atomic E-state index is 0.0174. The molecule has 0 radical (unpaired) electrons. The zero-order valence-electron chi connectivity index (χ0n) is 15.6. The fraction of sp³-hybridized carbons (Fsp3) is 0.286. The molecule has 6 nitrogen and oxygen atoms in total. The third kappa shape index (κ3) is 3.67. The molecule has 144 valence electrons. The third-order valence-corrected chi connectivity index (χ3v) is 5.74. The summed E-state index contributed by atoms with van der Waals surface area (Å²) in [6.07, 6.45) is 5.09. The Morgan fingerprint density at radius 2 is 2.00 bits per heavy atom. The highest BCUT2D eigenvalue weighted by Crippen LogP contribution is 2.23. The van der Waals surface area contributed by atoms with E-state index in [1.54, 1.807) is 11.1 Å². The van der Waals surface area contributed by atoms with Crippen molar-refractivity contribution in [3.8, 4) is 0 Å². The van der Waals surface area contributed by atoms with Gasteiger partial charge in [-0.25, -0.2) is 4.98 Å². The van der Waals surface area contributed by atoms with Gasteiger partial charge in [-0.05, 0) is 60.0 Å². The Morgan fingerprint density at radius 3 is 2.79 bits per heavy atom. The lowest BCUT2D eigenvalue weighted by Crippen LogP contribution is -2.43. The van der Waals surface area contributed by atoms with Crippen LogP contribution in [-0.4, -0.2) is 39.2 Å². The number of halogens is 1. The van der Waals surface area contributed by atoms with Crippen LogP contribution < -0.4 is 5.32 Å². The van der Waals surface area contributed by atoms with Crippen LogP contribution in [0.5, 0.6) is 0 Å². The van der Waals surface area contributed by atoms with Crippen molar-refractivity contribution in [2.45, 2.75) is 19.8 Å². The minimum atomic E-state index is -0.235. The summed E-state index contributed by atoms with van der Waals surface area (Å²) in [7, 11) is 0. The van der Waals surface area contributed by atoms with Crippen LogP contribution in [0, 0.1) is 12.8 Å². The Hall–Kier alpha value is -2.67. The van der Waals surface area contributed by atoms with E-state index in [0.717, 1.165) is 28.5 Å². The van der Waals surface area contributed by atoms with Gasteiger partial charge in [0, 0.05) is 24.8 Å². The predicted octanol–water partition coefficient (Wildman–Crippen LogP) is 3.90. The van der Waals surface area contributed by atoms with Crippen LogP contribution >= 0.6 is 15.9 Å². The summed E-state index contributed by atoms with van der Waals surface area (Å²) >= 11 is 3.46. The lowest BCUT2D eigenvalue weighted by Gasteiger charge is -2.32. The van der Waals surface area contributed by atoms with Gasteiger partial charge in [0.25, 0.3) is 5.91 Å². The van der Waals surface area contributed by atoms with Gasteiger partial charge in [0.2, 0.25) is 5.91 Å². The highest BCUT2D eigenvalue weighted by atomic mass is 79.9. The molecule has 0 saturated carbocycles. The van der Waals surface area contributed by atoms with Gasteiger partial charge in [-0.15, -0.1) is 0 Å². The smallest absolute Gasteiger partial charge is 0.253 e. The quantitative estimate of drug-likeness (QED) is 0.671. The number of aryl methyl sites for hydroxylation is 1. The molecule has 4 rings (SSSR count). The van der Waals surface area contributed by atoms with Gasteiger partial charge < -0.3 is 10.2 Å². The number of anilines is 1. The van der Waals surface area contributed by atoms with E-state index in [-0.39, 0.29) is 17.7 Å². The Balaban J connectivity index is 1.46. The molecule has 7 heteroatoms. The van der Waals surface area contributed by atoms with Crippen molar-refractivity contribution in [2.75, 3.05) is 18.4 Å². The molecule has 0 spiro atoms. The fourth-order valence-corrected chi connectivity index (χ4v) is 4.00. The molecule has 2 amide bonds. The van der Waals surface area contributed by atoms with Gasteiger partial charge in [-0.3, -0.25) is 14.0 Å². The number of carbonyl (C=O) groups is 2. The second-order valence-electron chi connectivity index (χ2n) is 7.14. The number of aromatic nitrogens is 2. The monoisotopic (exact) mass is 440 g/mol. The van der Waals surface area contributed by atoms with Crippen molar-refractivity contribution in [1.29, 1.82) is 0 Å². The number of fused-ring (bicyclic) bond motifs is 1. The molecular weight excluding hydrogens is 420 g/mol. The second kappa shape index (κ2) is 7.75. The maximum atomic E-state index is 12.8. The molecule has 1 atom stereocenters. The van der Waals surface area contributed by atoms with Gasteiger partial charge in [0.1, 0.15) is 5.82 Å². The Labute approximate surface area is 171 Å². The SMILES string of the molecule is Cc1ccc(C(=O)N2CCC[C@@H](C(=O)Nc3cnc4c(Br)cccn34)C2)cc1. The summed E-state index contributed by atoms with van der Waals surface area (Å²) in [4.78, 5) is 31.7. The van der Waals surface area contributed by atoms with Crippen molar-refractivity contribution >= 4 is 39.2 Å². The molecular formula is C21H21BrN4O2. The summed E-state index contributed by atoms with van der Waals surface area (Å²) in [6, 6.07) is 11.4. The third-order valence-electron chi connectivity index (χ3n) is 5.12. The number of piperidine rings is 1. The van der Waals surface area contributed by atoms with E-state index >= 15 is 0 Å². The van der Waals surface area contributed by atoms with Crippen LogP contribution in [0.15, 0.2) is 53.3 Å². The van der Waals surface area contributed by atoms with E-state index in [9.17, 15) is 9.59 Å². The Bertz CT molecular complexity index is 1030. The number of hydrogen-bond acceptors (Lipinski definition) is 3. The van der Waals surface area contributed by atoms with E-state index in [4.69, 9.17) is 0 Å². The normalized spacial score (nSPS) is 16.9. The van der Waals surface area contributed by atoms with Crippen LogP contribution in [0.25, 0.3) is 5.65 Å². The molecule has 0 unspecified atom stereocenters. The minimum Gasteiger partial charge on any atom is -0.338 e. The van der Waals surface area contributed by atoms with Crippen molar-refractivity contribution in [3.63, 3.8) is 0 Å². The van der Waals surface area contributed by atoms with Gasteiger partial charge in [-0.2, -0.15) is 0 Å². The molecule has 3 aromatic rings. The molecule has 2 aromatic heterocycles. The highest BCUT2D eigenvalue weighted by Gasteiger charge is 2.29. The first-order valence-corrected chi connectivity index (χ1v) is 10.1. The van der Waals surface area contributed by atoms with Crippen LogP contribution in [0.3, 0.4) is 0 Å². The van der Waals surface area contributed by atoms with Crippen molar-refractivity contribution in [1.82, 2.24) is 14.3 Å². The van der Waals surface area contributed by atoms with E-state index in [1.165, 1.54) is 0 Å². The molecule has 0 bridgehead atoms. The number of rotatable bonds is 3. The first-order valence-electron chi connectivity index (χ1n) is 9.31.